The van der Waals surface area contributed by atoms with Crippen molar-refractivity contribution in [3.63, 3.8) is 0 Å². The monoisotopic (exact) mass is 398 g/mol. The van der Waals surface area contributed by atoms with Crippen LogP contribution in [0.15, 0.2) is 70.3 Å². The number of aromatic nitrogens is 2. The van der Waals surface area contributed by atoms with Gasteiger partial charge >= 0.3 is 0 Å². The summed E-state index contributed by atoms with van der Waals surface area (Å²) in [6.07, 6.45) is 1.75. The van der Waals surface area contributed by atoms with Crippen molar-refractivity contribution in [2.24, 2.45) is 4.99 Å². The van der Waals surface area contributed by atoms with Crippen LogP contribution >= 0.6 is 0 Å². The SMILES string of the molecule is Cc1noc2c1-c1ccc(-c3ccc(N)nc3)cc1C(c1ccc(F)cc1)=N[C@H]2C. The normalized spacial score (nSPS) is 15.2. The maximum Gasteiger partial charge on any atom is 0.169 e. The van der Waals surface area contributed by atoms with Gasteiger partial charge in [0.25, 0.3) is 0 Å². The highest BCUT2D eigenvalue weighted by Gasteiger charge is 2.28. The van der Waals surface area contributed by atoms with E-state index < -0.39 is 0 Å². The van der Waals surface area contributed by atoms with Crippen molar-refractivity contribution < 1.29 is 8.91 Å². The zero-order chi connectivity index (χ0) is 20.8. The van der Waals surface area contributed by atoms with E-state index in [-0.39, 0.29) is 11.9 Å². The van der Waals surface area contributed by atoms with E-state index in [1.165, 1.54) is 12.1 Å². The summed E-state index contributed by atoms with van der Waals surface area (Å²) in [6.45, 7) is 3.91. The van der Waals surface area contributed by atoms with Crippen LogP contribution in [-0.2, 0) is 0 Å². The number of benzene rings is 2. The Kier molecular flexibility index (Phi) is 4.20. The number of nitrogen functional groups attached to an aromatic ring is 1. The third kappa shape index (κ3) is 2.97. The Morgan fingerprint density at radius 2 is 1.67 bits per heavy atom. The summed E-state index contributed by atoms with van der Waals surface area (Å²) in [4.78, 5) is 9.15. The lowest BCUT2D eigenvalue weighted by molar-refractivity contribution is 0.366. The van der Waals surface area contributed by atoms with E-state index in [9.17, 15) is 4.39 Å². The number of rotatable bonds is 2. The molecule has 0 saturated carbocycles. The first-order valence-electron chi connectivity index (χ1n) is 9.68. The second-order valence-electron chi connectivity index (χ2n) is 7.40. The highest BCUT2D eigenvalue weighted by Crippen LogP contribution is 2.40. The largest absolute Gasteiger partial charge is 0.384 e. The molecule has 2 aromatic carbocycles. The first-order chi connectivity index (χ1) is 14.5. The average Bonchev–Trinajstić information content (AvgIpc) is 3.08. The van der Waals surface area contributed by atoms with Gasteiger partial charge < -0.3 is 10.3 Å². The first-order valence-corrected chi connectivity index (χ1v) is 9.68. The molecular weight excluding hydrogens is 379 g/mol. The van der Waals surface area contributed by atoms with Crippen molar-refractivity contribution in [2.75, 3.05) is 5.73 Å². The lowest BCUT2D eigenvalue weighted by Crippen LogP contribution is -2.06. The summed E-state index contributed by atoms with van der Waals surface area (Å²) in [5.74, 6) is 0.920. The van der Waals surface area contributed by atoms with Gasteiger partial charge in [-0.2, -0.15) is 0 Å². The standard InChI is InChI=1S/C24H19FN4O/c1-13-22-19-9-5-16(17-6-10-21(26)27-12-17)11-20(19)23(15-3-7-18(25)8-4-15)28-14(2)24(22)30-29-13/h3-12,14H,1-2H3,(H2,26,27)/t14-/m0/s1. The Balaban J connectivity index is 1.77. The molecule has 2 N–H and O–H groups in total. The molecule has 0 bridgehead atoms. The Morgan fingerprint density at radius 3 is 2.40 bits per heavy atom. The number of fused-ring (bicyclic) bond motifs is 3. The molecule has 0 unspecified atom stereocenters. The Bertz CT molecular complexity index is 1270. The van der Waals surface area contributed by atoms with Crippen molar-refractivity contribution in [2.45, 2.75) is 19.9 Å². The number of nitrogens with zero attached hydrogens (tertiary/aromatic N) is 3. The minimum atomic E-state index is -0.283. The number of nitrogens with two attached hydrogens (primary N) is 1. The Morgan fingerprint density at radius 1 is 0.933 bits per heavy atom. The van der Waals surface area contributed by atoms with Crippen LogP contribution in [0.3, 0.4) is 0 Å². The summed E-state index contributed by atoms with van der Waals surface area (Å²) in [5, 5.41) is 4.17. The number of anilines is 1. The summed E-state index contributed by atoms with van der Waals surface area (Å²) >= 11 is 0. The van der Waals surface area contributed by atoms with Crippen LogP contribution in [0, 0.1) is 12.7 Å². The van der Waals surface area contributed by atoms with E-state index >= 15 is 0 Å². The molecule has 0 amide bonds. The van der Waals surface area contributed by atoms with Crippen molar-refractivity contribution in [3.05, 3.63) is 89.2 Å². The predicted molar refractivity (Wildman–Crippen MR) is 115 cm³/mol. The molecule has 0 spiro atoms. The molecule has 30 heavy (non-hydrogen) atoms. The zero-order valence-electron chi connectivity index (χ0n) is 16.6. The molecular formula is C24H19FN4O. The van der Waals surface area contributed by atoms with Crippen LogP contribution in [0.2, 0.25) is 0 Å². The van der Waals surface area contributed by atoms with Crippen molar-refractivity contribution in [1.82, 2.24) is 10.1 Å². The third-order valence-corrected chi connectivity index (χ3v) is 5.37. The summed E-state index contributed by atoms with van der Waals surface area (Å²) in [6, 6.07) is 16.1. The Labute approximate surface area is 173 Å². The van der Waals surface area contributed by atoms with Crippen molar-refractivity contribution in [3.8, 4) is 22.3 Å². The molecule has 0 saturated heterocycles. The summed E-state index contributed by atoms with van der Waals surface area (Å²) < 4.78 is 19.2. The average molecular weight is 398 g/mol. The van der Waals surface area contributed by atoms with Crippen LogP contribution in [0.4, 0.5) is 10.2 Å². The van der Waals surface area contributed by atoms with E-state index in [4.69, 9.17) is 15.2 Å². The molecule has 148 valence electrons. The number of pyridine rings is 1. The maximum absolute atomic E-state index is 13.6. The first kappa shape index (κ1) is 18.2. The lowest BCUT2D eigenvalue weighted by atomic mass is 9.90. The molecule has 0 aliphatic carbocycles. The maximum atomic E-state index is 13.6. The molecule has 5 rings (SSSR count). The number of hydrogen-bond donors (Lipinski definition) is 1. The van der Waals surface area contributed by atoms with Gasteiger partial charge in [0, 0.05) is 22.9 Å². The van der Waals surface area contributed by atoms with Gasteiger partial charge in [-0.15, -0.1) is 0 Å². The van der Waals surface area contributed by atoms with Gasteiger partial charge in [-0.05, 0) is 67.4 Å². The molecule has 0 radical (unpaired) electrons. The number of aliphatic imine (C=N–C) groups is 1. The van der Waals surface area contributed by atoms with E-state index in [2.05, 4.69) is 22.3 Å². The summed E-state index contributed by atoms with van der Waals surface area (Å²) in [5.41, 5.74) is 13.0. The number of hydrogen-bond acceptors (Lipinski definition) is 5. The molecule has 0 fully saturated rings. The molecule has 4 aromatic rings. The van der Waals surface area contributed by atoms with Gasteiger partial charge in [0.15, 0.2) is 5.76 Å². The van der Waals surface area contributed by atoms with E-state index in [1.54, 1.807) is 24.4 Å². The third-order valence-electron chi connectivity index (χ3n) is 5.37. The van der Waals surface area contributed by atoms with Crippen molar-refractivity contribution >= 4 is 11.5 Å². The van der Waals surface area contributed by atoms with Crippen LogP contribution in [0.1, 0.15) is 35.5 Å². The van der Waals surface area contributed by atoms with E-state index in [0.29, 0.717) is 5.82 Å². The van der Waals surface area contributed by atoms with Crippen molar-refractivity contribution in [1.29, 1.82) is 0 Å². The minimum Gasteiger partial charge on any atom is -0.384 e. The zero-order valence-corrected chi connectivity index (χ0v) is 16.6. The fourth-order valence-corrected chi connectivity index (χ4v) is 3.87. The second kappa shape index (κ2) is 6.91. The smallest absolute Gasteiger partial charge is 0.169 e. The molecule has 1 atom stereocenters. The van der Waals surface area contributed by atoms with Gasteiger partial charge in [0.2, 0.25) is 0 Å². The predicted octanol–water partition coefficient (Wildman–Crippen LogP) is 5.35. The van der Waals surface area contributed by atoms with Gasteiger partial charge in [-0.25, -0.2) is 9.37 Å². The van der Waals surface area contributed by atoms with Gasteiger partial charge in [-0.3, -0.25) is 4.99 Å². The fourth-order valence-electron chi connectivity index (χ4n) is 3.87. The van der Waals surface area contributed by atoms with Gasteiger partial charge in [-0.1, -0.05) is 17.3 Å². The van der Waals surface area contributed by atoms with E-state index in [0.717, 1.165) is 50.5 Å². The van der Waals surface area contributed by atoms with Crippen LogP contribution in [-0.4, -0.2) is 15.9 Å². The molecule has 6 heteroatoms. The van der Waals surface area contributed by atoms with Crippen LogP contribution in [0.25, 0.3) is 22.3 Å². The molecule has 2 aromatic heterocycles. The highest BCUT2D eigenvalue weighted by atomic mass is 19.1. The number of aryl methyl sites for hydroxylation is 1. The topological polar surface area (TPSA) is 77.3 Å². The van der Waals surface area contributed by atoms with Gasteiger partial charge in [0.05, 0.1) is 17.0 Å². The lowest BCUT2D eigenvalue weighted by Gasteiger charge is -2.13. The molecule has 5 nitrogen and oxygen atoms in total. The van der Waals surface area contributed by atoms with Crippen LogP contribution < -0.4 is 5.73 Å². The summed E-state index contributed by atoms with van der Waals surface area (Å²) in [7, 11) is 0. The van der Waals surface area contributed by atoms with E-state index in [1.807, 2.05) is 26.0 Å². The fraction of sp³-hybridized carbons (Fsp3) is 0.125. The second-order valence-corrected chi connectivity index (χ2v) is 7.40. The molecule has 3 heterocycles. The molecule has 1 aliphatic rings. The Hall–Kier alpha value is -3.80. The van der Waals surface area contributed by atoms with Gasteiger partial charge in [0.1, 0.15) is 17.7 Å². The molecule has 1 aliphatic heterocycles. The number of halogens is 1. The minimum absolute atomic E-state index is 0.227. The highest BCUT2D eigenvalue weighted by molar-refractivity contribution is 6.17. The van der Waals surface area contributed by atoms with Crippen LogP contribution in [0.5, 0.6) is 0 Å². The quantitative estimate of drug-likeness (QED) is 0.494.